The number of nitrogens with zero attached hydrogens (tertiary/aromatic N) is 2. The van der Waals surface area contributed by atoms with Gasteiger partial charge in [0, 0.05) is 18.5 Å². The monoisotopic (exact) mass is 332 g/mol. The lowest BCUT2D eigenvalue weighted by Crippen LogP contribution is -2.37. The second kappa shape index (κ2) is 8.53. The summed E-state index contributed by atoms with van der Waals surface area (Å²) in [5.74, 6) is 1.73. The van der Waals surface area contributed by atoms with Crippen LogP contribution in [-0.4, -0.2) is 31.6 Å². The zero-order valence-electron chi connectivity index (χ0n) is 14.1. The van der Waals surface area contributed by atoms with Gasteiger partial charge in [-0.15, -0.1) is 11.3 Å². The van der Waals surface area contributed by atoms with E-state index < -0.39 is 0 Å². The van der Waals surface area contributed by atoms with E-state index in [-0.39, 0.29) is 0 Å². The molecule has 1 heterocycles. The maximum absolute atomic E-state index is 5.41. The summed E-state index contributed by atoms with van der Waals surface area (Å²) in [5.41, 5.74) is 5.38. The molecule has 0 amide bonds. The van der Waals surface area contributed by atoms with Crippen LogP contribution in [0.15, 0.2) is 28.7 Å². The van der Waals surface area contributed by atoms with Crippen molar-refractivity contribution in [1.82, 2.24) is 15.6 Å². The molecule has 0 bridgehead atoms. The molecule has 0 unspecified atom stereocenters. The third-order valence-electron chi connectivity index (χ3n) is 3.61. The molecular formula is C17H24N4OS. The second-order valence-electron chi connectivity index (χ2n) is 5.28. The number of ether oxygens (including phenoxy) is 1. The SMILES string of the molecule is CN=C(NCCc1cc(C)ccc1OC)NCc1scnc1C. The fraction of sp³-hybridized carbons (Fsp3) is 0.412. The number of methoxy groups -OCH3 is 1. The van der Waals surface area contributed by atoms with E-state index >= 15 is 0 Å². The summed E-state index contributed by atoms with van der Waals surface area (Å²) in [5, 5.41) is 6.66. The van der Waals surface area contributed by atoms with E-state index in [9.17, 15) is 0 Å². The Morgan fingerprint density at radius 3 is 2.78 bits per heavy atom. The van der Waals surface area contributed by atoms with Crippen LogP contribution in [0.25, 0.3) is 0 Å². The van der Waals surface area contributed by atoms with Crippen LogP contribution in [0, 0.1) is 13.8 Å². The quantitative estimate of drug-likeness (QED) is 0.631. The van der Waals surface area contributed by atoms with Gasteiger partial charge in [0.05, 0.1) is 24.9 Å². The van der Waals surface area contributed by atoms with Gasteiger partial charge in [0.15, 0.2) is 5.96 Å². The summed E-state index contributed by atoms with van der Waals surface area (Å²) in [7, 11) is 3.49. The van der Waals surface area contributed by atoms with Crippen LogP contribution in [0.1, 0.15) is 21.7 Å². The molecule has 0 saturated heterocycles. The predicted molar refractivity (Wildman–Crippen MR) is 96.5 cm³/mol. The van der Waals surface area contributed by atoms with Gasteiger partial charge in [0.1, 0.15) is 5.75 Å². The van der Waals surface area contributed by atoms with E-state index in [0.717, 1.165) is 36.9 Å². The zero-order chi connectivity index (χ0) is 16.7. The molecule has 5 nitrogen and oxygen atoms in total. The highest BCUT2D eigenvalue weighted by Gasteiger charge is 2.05. The summed E-state index contributed by atoms with van der Waals surface area (Å²) < 4.78 is 5.41. The van der Waals surface area contributed by atoms with Crippen molar-refractivity contribution >= 4 is 17.3 Å². The van der Waals surface area contributed by atoms with Crippen molar-refractivity contribution in [3.63, 3.8) is 0 Å². The van der Waals surface area contributed by atoms with Gasteiger partial charge in [-0.25, -0.2) is 4.98 Å². The topological polar surface area (TPSA) is 58.5 Å². The minimum atomic E-state index is 0.740. The largest absolute Gasteiger partial charge is 0.496 e. The first-order chi connectivity index (χ1) is 11.1. The van der Waals surface area contributed by atoms with Crippen LogP contribution in [0.4, 0.5) is 0 Å². The maximum atomic E-state index is 5.41. The average Bonchev–Trinajstić information content (AvgIpc) is 2.96. The molecule has 23 heavy (non-hydrogen) atoms. The smallest absolute Gasteiger partial charge is 0.191 e. The molecule has 2 aromatic rings. The van der Waals surface area contributed by atoms with Crippen molar-refractivity contribution in [1.29, 1.82) is 0 Å². The Hall–Kier alpha value is -2.08. The lowest BCUT2D eigenvalue weighted by atomic mass is 10.1. The number of aliphatic imine (C=N–C) groups is 1. The molecule has 0 radical (unpaired) electrons. The first-order valence-electron chi connectivity index (χ1n) is 7.61. The van der Waals surface area contributed by atoms with E-state index in [1.807, 2.05) is 18.5 Å². The normalized spacial score (nSPS) is 11.4. The highest BCUT2D eigenvalue weighted by molar-refractivity contribution is 7.09. The molecule has 2 N–H and O–H groups in total. The lowest BCUT2D eigenvalue weighted by Gasteiger charge is -2.13. The Balaban J connectivity index is 1.84. The Bertz CT molecular complexity index is 666. The minimum absolute atomic E-state index is 0.740. The van der Waals surface area contributed by atoms with Crippen LogP contribution >= 0.6 is 11.3 Å². The second-order valence-corrected chi connectivity index (χ2v) is 6.22. The molecule has 0 spiro atoms. The van der Waals surface area contributed by atoms with E-state index in [1.54, 1.807) is 25.5 Å². The van der Waals surface area contributed by atoms with Crippen LogP contribution < -0.4 is 15.4 Å². The summed E-state index contributed by atoms with van der Waals surface area (Å²) in [4.78, 5) is 9.74. The molecule has 2 rings (SSSR count). The van der Waals surface area contributed by atoms with Crippen molar-refractivity contribution in [2.45, 2.75) is 26.8 Å². The number of thiazole rings is 1. The molecule has 1 aromatic heterocycles. The molecular weight excluding hydrogens is 308 g/mol. The number of nitrogens with one attached hydrogen (secondary N) is 2. The van der Waals surface area contributed by atoms with Crippen molar-refractivity contribution in [3.8, 4) is 5.75 Å². The van der Waals surface area contributed by atoms with Gasteiger partial charge in [-0.05, 0) is 31.9 Å². The van der Waals surface area contributed by atoms with Gasteiger partial charge < -0.3 is 15.4 Å². The number of guanidine groups is 1. The number of rotatable bonds is 6. The molecule has 0 atom stereocenters. The van der Waals surface area contributed by atoms with Gasteiger partial charge in [0.25, 0.3) is 0 Å². The summed E-state index contributed by atoms with van der Waals surface area (Å²) in [6, 6.07) is 6.25. The van der Waals surface area contributed by atoms with Crippen molar-refractivity contribution in [2.24, 2.45) is 4.99 Å². The van der Waals surface area contributed by atoms with E-state index in [1.165, 1.54) is 16.0 Å². The number of aryl methyl sites for hydroxylation is 2. The van der Waals surface area contributed by atoms with Crippen molar-refractivity contribution in [3.05, 3.63) is 45.4 Å². The molecule has 0 fully saturated rings. The first-order valence-corrected chi connectivity index (χ1v) is 8.49. The first kappa shape index (κ1) is 17.3. The van der Waals surface area contributed by atoms with Gasteiger partial charge in [-0.2, -0.15) is 0 Å². The lowest BCUT2D eigenvalue weighted by molar-refractivity contribution is 0.409. The third-order valence-corrected chi connectivity index (χ3v) is 4.54. The number of hydrogen-bond donors (Lipinski definition) is 2. The highest BCUT2D eigenvalue weighted by Crippen LogP contribution is 2.19. The van der Waals surface area contributed by atoms with E-state index in [0.29, 0.717) is 0 Å². The Morgan fingerprint density at radius 2 is 2.13 bits per heavy atom. The minimum Gasteiger partial charge on any atom is -0.496 e. The summed E-state index contributed by atoms with van der Waals surface area (Å²) >= 11 is 1.66. The summed E-state index contributed by atoms with van der Waals surface area (Å²) in [6.07, 6.45) is 0.880. The molecule has 124 valence electrons. The van der Waals surface area contributed by atoms with Crippen LogP contribution in [0.3, 0.4) is 0 Å². The van der Waals surface area contributed by atoms with Crippen LogP contribution in [0.2, 0.25) is 0 Å². The molecule has 0 aliphatic carbocycles. The van der Waals surface area contributed by atoms with Gasteiger partial charge in [-0.1, -0.05) is 17.7 Å². The third kappa shape index (κ3) is 4.96. The Morgan fingerprint density at radius 1 is 1.30 bits per heavy atom. The van der Waals surface area contributed by atoms with Crippen molar-refractivity contribution in [2.75, 3.05) is 20.7 Å². The molecule has 0 aliphatic heterocycles. The highest BCUT2D eigenvalue weighted by atomic mass is 32.1. The number of hydrogen-bond acceptors (Lipinski definition) is 4. The van der Waals surface area contributed by atoms with Gasteiger partial charge in [-0.3, -0.25) is 4.99 Å². The predicted octanol–water partition coefficient (Wildman–Crippen LogP) is 2.68. The van der Waals surface area contributed by atoms with E-state index in [4.69, 9.17) is 4.74 Å². The molecule has 0 aliphatic rings. The van der Waals surface area contributed by atoms with Crippen LogP contribution in [0.5, 0.6) is 5.75 Å². The molecule has 6 heteroatoms. The molecule has 1 aromatic carbocycles. The fourth-order valence-corrected chi connectivity index (χ4v) is 3.02. The van der Waals surface area contributed by atoms with E-state index in [2.05, 4.69) is 39.7 Å². The molecule has 0 saturated carbocycles. The summed E-state index contributed by atoms with van der Waals surface area (Å²) in [6.45, 7) is 5.65. The van der Waals surface area contributed by atoms with Gasteiger partial charge >= 0.3 is 0 Å². The average molecular weight is 332 g/mol. The standard InChI is InChI=1S/C17H24N4OS/c1-12-5-6-15(22-4)14(9-12)7-8-19-17(18-3)20-10-16-13(2)21-11-23-16/h5-6,9,11H,7-8,10H2,1-4H3,(H2,18,19,20). The zero-order valence-corrected chi connectivity index (χ0v) is 15.0. The Kier molecular flexibility index (Phi) is 6.40. The maximum Gasteiger partial charge on any atom is 0.191 e. The fourth-order valence-electron chi connectivity index (χ4n) is 2.30. The van der Waals surface area contributed by atoms with Gasteiger partial charge in [0.2, 0.25) is 0 Å². The van der Waals surface area contributed by atoms with Crippen LogP contribution in [-0.2, 0) is 13.0 Å². The Labute approximate surface area is 141 Å². The van der Waals surface area contributed by atoms with Crippen molar-refractivity contribution < 1.29 is 4.74 Å². The number of benzene rings is 1. The number of aromatic nitrogens is 1.